The molecule has 1 amide bonds. The molecule has 1 aromatic heterocycles. The van der Waals surface area contributed by atoms with Gasteiger partial charge in [0.05, 0.1) is 0 Å². The summed E-state index contributed by atoms with van der Waals surface area (Å²) >= 11 is 0. The van der Waals surface area contributed by atoms with Gasteiger partial charge >= 0.3 is 0 Å². The van der Waals surface area contributed by atoms with Crippen LogP contribution in [0.4, 0.5) is 0 Å². The first-order valence-corrected chi connectivity index (χ1v) is 6.14. The van der Waals surface area contributed by atoms with Gasteiger partial charge in [0.25, 0.3) is 0 Å². The van der Waals surface area contributed by atoms with Crippen molar-refractivity contribution in [2.75, 3.05) is 13.1 Å². The fraction of sp³-hybridized carbons (Fsp3) is 0.462. The Bertz CT molecular complexity index is 412. The molecule has 2 rings (SSSR count). The molecule has 1 aliphatic heterocycles. The topological polar surface area (TPSA) is 55.3 Å². The first-order chi connectivity index (χ1) is 8.79. The highest BCUT2D eigenvalue weighted by atomic mass is 16.5. The average Bonchev–Trinajstić information content (AvgIpc) is 2.41. The molecule has 1 aromatic rings. The highest BCUT2D eigenvalue weighted by Crippen LogP contribution is 2.16. The van der Waals surface area contributed by atoms with Crippen molar-refractivity contribution in [3.8, 4) is 5.88 Å². The quantitative estimate of drug-likeness (QED) is 0.758. The molecule has 2 heterocycles. The van der Waals surface area contributed by atoms with Crippen LogP contribution in [0.3, 0.4) is 0 Å². The number of rotatable bonds is 3. The number of amides is 1. The van der Waals surface area contributed by atoms with Gasteiger partial charge in [0.1, 0.15) is 12.4 Å². The Morgan fingerprint density at radius 2 is 2.28 bits per heavy atom. The summed E-state index contributed by atoms with van der Waals surface area (Å²) < 4.78 is 5.74. The molecule has 0 radical (unpaired) electrons. The van der Waals surface area contributed by atoms with Gasteiger partial charge in [-0.1, -0.05) is 6.08 Å². The molecular weight excluding hydrogens is 230 g/mol. The van der Waals surface area contributed by atoms with Crippen LogP contribution in [0.1, 0.15) is 19.8 Å². The van der Waals surface area contributed by atoms with E-state index in [1.165, 1.54) is 6.33 Å². The number of piperidine rings is 1. The van der Waals surface area contributed by atoms with Gasteiger partial charge in [-0.3, -0.25) is 4.79 Å². The zero-order valence-corrected chi connectivity index (χ0v) is 10.5. The van der Waals surface area contributed by atoms with Crippen molar-refractivity contribution >= 4 is 5.91 Å². The van der Waals surface area contributed by atoms with E-state index in [-0.39, 0.29) is 12.0 Å². The van der Waals surface area contributed by atoms with Gasteiger partial charge in [0.2, 0.25) is 11.8 Å². The Labute approximate surface area is 106 Å². The SMILES string of the molecule is C/C=C/C(=O)N1CCC(Oc2ccncn2)CC1. The van der Waals surface area contributed by atoms with E-state index >= 15 is 0 Å². The summed E-state index contributed by atoms with van der Waals surface area (Å²) in [6.45, 7) is 3.32. The standard InChI is InChI=1S/C13H17N3O2/c1-2-3-13(17)16-8-5-11(6-9-16)18-12-4-7-14-10-15-12/h2-4,7,10-11H,5-6,8-9H2,1H3/b3-2+. The van der Waals surface area contributed by atoms with Crippen molar-refractivity contribution in [1.82, 2.24) is 14.9 Å². The molecule has 0 aliphatic carbocycles. The van der Waals surface area contributed by atoms with Crippen LogP contribution in [0.2, 0.25) is 0 Å². The number of aromatic nitrogens is 2. The van der Waals surface area contributed by atoms with Gasteiger partial charge in [0, 0.05) is 38.2 Å². The maximum atomic E-state index is 11.6. The van der Waals surface area contributed by atoms with E-state index < -0.39 is 0 Å². The molecular formula is C13H17N3O2. The Morgan fingerprint density at radius 1 is 1.50 bits per heavy atom. The van der Waals surface area contributed by atoms with Crippen LogP contribution in [-0.2, 0) is 4.79 Å². The predicted octanol–water partition coefficient (Wildman–Crippen LogP) is 1.42. The third-order valence-electron chi connectivity index (χ3n) is 2.91. The number of ether oxygens (including phenoxy) is 1. The van der Waals surface area contributed by atoms with E-state index in [1.807, 2.05) is 11.8 Å². The monoisotopic (exact) mass is 247 g/mol. The van der Waals surface area contributed by atoms with Crippen molar-refractivity contribution in [3.63, 3.8) is 0 Å². The molecule has 0 unspecified atom stereocenters. The molecule has 0 aromatic carbocycles. The molecule has 1 fully saturated rings. The smallest absolute Gasteiger partial charge is 0.246 e. The average molecular weight is 247 g/mol. The molecule has 0 atom stereocenters. The Kier molecular flexibility index (Phi) is 4.28. The third kappa shape index (κ3) is 3.29. The Hall–Kier alpha value is -1.91. The number of carbonyl (C=O) groups excluding carboxylic acids is 1. The van der Waals surface area contributed by atoms with Crippen molar-refractivity contribution in [2.24, 2.45) is 0 Å². The van der Waals surface area contributed by atoms with Crippen LogP contribution < -0.4 is 4.74 Å². The largest absolute Gasteiger partial charge is 0.474 e. The lowest BCUT2D eigenvalue weighted by molar-refractivity contribution is -0.127. The second-order valence-electron chi connectivity index (χ2n) is 4.19. The molecule has 1 saturated heterocycles. The van der Waals surface area contributed by atoms with E-state index in [9.17, 15) is 4.79 Å². The molecule has 1 aliphatic rings. The van der Waals surface area contributed by atoms with E-state index in [2.05, 4.69) is 9.97 Å². The number of hydrogen-bond donors (Lipinski definition) is 0. The molecule has 5 heteroatoms. The lowest BCUT2D eigenvalue weighted by atomic mass is 10.1. The summed E-state index contributed by atoms with van der Waals surface area (Å²) in [5.41, 5.74) is 0. The van der Waals surface area contributed by atoms with Crippen LogP contribution >= 0.6 is 0 Å². The number of hydrogen-bond acceptors (Lipinski definition) is 4. The molecule has 0 bridgehead atoms. The molecule has 0 spiro atoms. The molecule has 0 saturated carbocycles. The predicted molar refractivity (Wildman–Crippen MR) is 67.1 cm³/mol. The van der Waals surface area contributed by atoms with E-state index in [4.69, 9.17) is 4.74 Å². The van der Waals surface area contributed by atoms with Gasteiger partial charge in [-0.25, -0.2) is 9.97 Å². The molecule has 18 heavy (non-hydrogen) atoms. The van der Waals surface area contributed by atoms with E-state index in [0.717, 1.165) is 25.9 Å². The number of nitrogens with zero attached hydrogens (tertiary/aromatic N) is 3. The summed E-state index contributed by atoms with van der Waals surface area (Å²) in [6.07, 6.45) is 8.32. The van der Waals surface area contributed by atoms with Crippen molar-refractivity contribution in [2.45, 2.75) is 25.9 Å². The summed E-state index contributed by atoms with van der Waals surface area (Å²) in [7, 11) is 0. The van der Waals surface area contributed by atoms with Crippen molar-refractivity contribution < 1.29 is 9.53 Å². The van der Waals surface area contributed by atoms with Crippen LogP contribution in [-0.4, -0.2) is 40.0 Å². The first kappa shape index (κ1) is 12.5. The maximum absolute atomic E-state index is 11.6. The van der Waals surface area contributed by atoms with Crippen LogP contribution in [0.15, 0.2) is 30.7 Å². The molecule has 96 valence electrons. The first-order valence-electron chi connectivity index (χ1n) is 6.14. The lowest BCUT2D eigenvalue weighted by Crippen LogP contribution is -2.41. The molecule has 0 N–H and O–H groups in total. The van der Waals surface area contributed by atoms with Gasteiger partial charge in [-0.05, 0) is 13.0 Å². The van der Waals surface area contributed by atoms with Crippen molar-refractivity contribution in [1.29, 1.82) is 0 Å². The lowest BCUT2D eigenvalue weighted by Gasteiger charge is -2.31. The minimum Gasteiger partial charge on any atom is -0.474 e. The number of likely N-dealkylation sites (tertiary alicyclic amines) is 1. The summed E-state index contributed by atoms with van der Waals surface area (Å²) in [6, 6.07) is 1.75. The highest BCUT2D eigenvalue weighted by molar-refractivity contribution is 5.87. The van der Waals surface area contributed by atoms with Crippen LogP contribution in [0, 0.1) is 0 Å². The highest BCUT2D eigenvalue weighted by Gasteiger charge is 2.22. The Balaban J connectivity index is 1.82. The van der Waals surface area contributed by atoms with Gasteiger partial charge in [-0.15, -0.1) is 0 Å². The zero-order chi connectivity index (χ0) is 12.8. The summed E-state index contributed by atoms with van der Waals surface area (Å²) in [4.78, 5) is 21.4. The van der Waals surface area contributed by atoms with E-state index in [1.54, 1.807) is 24.4 Å². The Morgan fingerprint density at radius 3 is 2.89 bits per heavy atom. The summed E-state index contributed by atoms with van der Waals surface area (Å²) in [5.74, 6) is 0.682. The second kappa shape index (κ2) is 6.14. The van der Waals surface area contributed by atoms with Crippen molar-refractivity contribution in [3.05, 3.63) is 30.7 Å². The van der Waals surface area contributed by atoms with E-state index in [0.29, 0.717) is 5.88 Å². The van der Waals surface area contributed by atoms with Crippen LogP contribution in [0.25, 0.3) is 0 Å². The number of carbonyl (C=O) groups is 1. The fourth-order valence-corrected chi connectivity index (χ4v) is 1.96. The van der Waals surface area contributed by atoms with Crippen LogP contribution in [0.5, 0.6) is 5.88 Å². The van der Waals surface area contributed by atoms with Gasteiger partial charge < -0.3 is 9.64 Å². The molecule has 5 nitrogen and oxygen atoms in total. The second-order valence-corrected chi connectivity index (χ2v) is 4.19. The fourth-order valence-electron chi connectivity index (χ4n) is 1.96. The van der Waals surface area contributed by atoms with Gasteiger partial charge in [-0.2, -0.15) is 0 Å². The summed E-state index contributed by atoms with van der Waals surface area (Å²) in [5, 5.41) is 0. The minimum absolute atomic E-state index is 0.0815. The number of allylic oxidation sites excluding steroid dienone is 1. The normalized spacial score (nSPS) is 17.1. The maximum Gasteiger partial charge on any atom is 0.246 e. The van der Waals surface area contributed by atoms with Gasteiger partial charge in [0.15, 0.2) is 0 Å². The third-order valence-corrected chi connectivity index (χ3v) is 2.91. The zero-order valence-electron chi connectivity index (χ0n) is 10.5. The minimum atomic E-state index is 0.0815.